The molecule has 41 heavy (non-hydrogen) atoms. The minimum atomic E-state index is -4.29. The number of H-pyrrole nitrogens is 1. The van der Waals surface area contributed by atoms with Crippen molar-refractivity contribution in [2.75, 3.05) is 0 Å². The maximum Gasteiger partial charge on any atom is 0.241 e. The van der Waals surface area contributed by atoms with Crippen LogP contribution in [0.5, 0.6) is 0 Å². The number of aromatic amines is 1. The van der Waals surface area contributed by atoms with E-state index in [2.05, 4.69) is 19.4 Å². The first-order valence-electron chi connectivity index (χ1n) is 12.3. The van der Waals surface area contributed by atoms with Crippen LogP contribution in [0.15, 0.2) is 71.8 Å². The highest BCUT2D eigenvalue weighted by atomic mass is 35.5. The molecule has 216 valence electrons. The van der Waals surface area contributed by atoms with Crippen LogP contribution in [-0.2, 0) is 21.2 Å². The van der Waals surface area contributed by atoms with Crippen LogP contribution in [0.1, 0.15) is 40.2 Å². The third kappa shape index (κ3) is 6.28. The van der Waals surface area contributed by atoms with Crippen LogP contribution in [-0.4, -0.2) is 33.4 Å². The second-order valence-electron chi connectivity index (χ2n) is 9.60. The number of benzene rings is 3. The molecule has 2 atom stereocenters. The summed E-state index contributed by atoms with van der Waals surface area (Å²) in [6, 6.07) is 15.1. The zero-order valence-electron chi connectivity index (χ0n) is 21.4. The Labute approximate surface area is 247 Å². The molecule has 5 rings (SSSR count). The predicted octanol–water partition coefficient (Wildman–Crippen LogP) is 6.32. The van der Waals surface area contributed by atoms with Gasteiger partial charge in [-0.05, 0) is 53.8 Å². The molecular weight excluding hydrogens is 614 g/mol. The highest BCUT2D eigenvalue weighted by Crippen LogP contribution is 2.57. The molecule has 1 saturated heterocycles. The molecule has 1 aliphatic heterocycles. The number of aromatic nitrogens is 2. The Morgan fingerprint density at radius 1 is 1.12 bits per heavy atom. The van der Waals surface area contributed by atoms with Crippen LogP contribution in [0.4, 0.5) is 4.39 Å². The topological polar surface area (TPSA) is 144 Å². The standard InChI is InChI=1S/C27H25Cl2FN4O5S2/c1-15-20(28)11-18(30)12-24(15)40(36,37)33-22(27-31-14-23(32-27)17-5-3-2-4-6-17)10-16-7-8-19(21(29)9-16)25-13-26(35)34-41(25,38)39/h2-9,11-12,14,22,25,33,38-39H,10,13H2,1H3,(H,31,32)(H,34,35)/t22-,25?/m0/s1. The van der Waals surface area contributed by atoms with Crippen LogP contribution in [0.2, 0.25) is 10.0 Å². The van der Waals surface area contributed by atoms with Crippen molar-refractivity contribution in [3.8, 4) is 11.3 Å². The number of rotatable bonds is 8. The summed E-state index contributed by atoms with van der Waals surface area (Å²) in [5, 5.41) is -0.757. The zero-order chi connectivity index (χ0) is 29.5. The lowest BCUT2D eigenvalue weighted by Crippen LogP contribution is -2.31. The van der Waals surface area contributed by atoms with Crippen molar-refractivity contribution in [3.63, 3.8) is 0 Å². The van der Waals surface area contributed by atoms with Gasteiger partial charge in [-0.2, -0.15) is 0 Å². The number of nitrogens with zero attached hydrogens (tertiary/aromatic N) is 1. The predicted molar refractivity (Wildman–Crippen MR) is 157 cm³/mol. The zero-order valence-corrected chi connectivity index (χ0v) is 24.6. The number of imidazole rings is 1. The molecule has 0 aliphatic carbocycles. The molecule has 1 aromatic heterocycles. The number of carbonyl (C=O) groups is 1. The number of hydrogen-bond donors (Lipinski definition) is 5. The Morgan fingerprint density at radius 2 is 1.85 bits per heavy atom. The Kier molecular flexibility index (Phi) is 8.18. The van der Waals surface area contributed by atoms with Gasteiger partial charge in [0.25, 0.3) is 0 Å². The van der Waals surface area contributed by atoms with E-state index in [4.69, 9.17) is 23.2 Å². The molecule has 2 heterocycles. The van der Waals surface area contributed by atoms with Gasteiger partial charge in [0.15, 0.2) is 0 Å². The van der Waals surface area contributed by atoms with Gasteiger partial charge in [-0.3, -0.25) is 18.6 Å². The first-order chi connectivity index (χ1) is 19.3. The summed E-state index contributed by atoms with van der Waals surface area (Å²) in [7, 11) is -7.70. The number of amides is 1. The van der Waals surface area contributed by atoms with Gasteiger partial charge in [-0.15, -0.1) is 10.8 Å². The van der Waals surface area contributed by atoms with E-state index in [1.165, 1.54) is 6.92 Å². The van der Waals surface area contributed by atoms with Gasteiger partial charge in [-0.1, -0.05) is 65.7 Å². The summed E-state index contributed by atoms with van der Waals surface area (Å²) in [4.78, 5) is 19.1. The fraction of sp³-hybridized carbons (Fsp3) is 0.185. The fourth-order valence-electron chi connectivity index (χ4n) is 4.67. The maximum absolute atomic E-state index is 14.2. The summed E-state index contributed by atoms with van der Waals surface area (Å²) in [5.41, 5.74) is 2.65. The molecule has 1 unspecified atom stereocenters. The molecule has 1 fully saturated rings. The normalized spacial score (nSPS) is 18.2. The van der Waals surface area contributed by atoms with E-state index in [1.807, 2.05) is 30.3 Å². The third-order valence-corrected chi connectivity index (χ3v) is 10.8. The molecule has 4 aromatic rings. The van der Waals surface area contributed by atoms with E-state index >= 15 is 0 Å². The van der Waals surface area contributed by atoms with Crippen LogP contribution >= 0.6 is 34.0 Å². The van der Waals surface area contributed by atoms with E-state index in [0.29, 0.717) is 22.6 Å². The highest BCUT2D eigenvalue weighted by Gasteiger charge is 2.39. The molecule has 1 amide bonds. The van der Waals surface area contributed by atoms with E-state index in [9.17, 15) is 26.7 Å². The van der Waals surface area contributed by atoms with Gasteiger partial charge in [0.05, 0.1) is 29.2 Å². The number of carbonyl (C=O) groups excluding carboxylic acids is 1. The molecule has 0 saturated carbocycles. The van der Waals surface area contributed by atoms with E-state index in [0.717, 1.165) is 17.7 Å². The Hall–Kier alpha value is -2.97. The van der Waals surface area contributed by atoms with Crippen LogP contribution in [0.25, 0.3) is 11.3 Å². The quantitative estimate of drug-likeness (QED) is 0.153. The van der Waals surface area contributed by atoms with Crippen molar-refractivity contribution in [3.05, 3.63) is 105 Å². The van der Waals surface area contributed by atoms with Gasteiger partial charge in [0.1, 0.15) is 16.9 Å². The molecule has 0 spiro atoms. The number of hydrogen-bond acceptors (Lipinski definition) is 6. The molecule has 1 aliphatic rings. The lowest BCUT2D eigenvalue weighted by molar-refractivity contribution is -0.118. The van der Waals surface area contributed by atoms with E-state index < -0.39 is 43.8 Å². The van der Waals surface area contributed by atoms with Crippen molar-refractivity contribution >= 4 is 49.9 Å². The van der Waals surface area contributed by atoms with Gasteiger partial charge in [0, 0.05) is 10.0 Å². The first kappa shape index (κ1) is 29.5. The minimum Gasteiger partial charge on any atom is -0.341 e. The minimum absolute atomic E-state index is 0.0282. The highest BCUT2D eigenvalue weighted by molar-refractivity contribution is 8.23. The number of nitrogens with one attached hydrogen (secondary N) is 3. The molecule has 9 nitrogen and oxygen atoms in total. The largest absolute Gasteiger partial charge is 0.341 e. The Balaban J connectivity index is 1.50. The van der Waals surface area contributed by atoms with Crippen molar-refractivity contribution in [2.24, 2.45) is 0 Å². The van der Waals surface area contributed by atoms with Gasteiger partial charge in [-0.25, -0.2) is 22.5 Å². The first-order valence-corrected chi connectivity index (χ1v) is 16.1. The molecule has 0 bridgehead atoms. The SMILES string of the molecule is Cc1c(Cl)cc(F)cc1S(=O)(=O)N[C@@H](Cc1ccc(C2CC(=O)NS2(O)O)c(Cl)c1)c1ncc(-c2ccccc2)[nH]1. The monoisotopic (exact) mass is 638 g/mol. The molecular formula is C27H25Cl2FN4O5S2. The van der Waals surface area contributed by atoms with E-state index in [1.54, 1.807) is 24.4 Å². The summed E-state index contributed by atoms with van der Waals surface area (Å²) >= 11 is 12.6. The van der Waals surface area contributed by atoms with Crippen molar-refractivity contribution < 1.29 is 26.7 Å². The third-order valence-electron chi connectivity index (χ3n) is 6.74. The summed E-state index contributed by atoms with van der Waals surface area (Å²) < 4.78 is 66.5. The number of sulfonamides is 1. The summed E-state index contributed by atoms with van der Waals surface area (Å²) in [5.74, 6) is -0.993. The molecule has 0 radical (unpaired) electrons. The maximum atomic E-state index is 14.2. The van der Waals surface area contributed by atoms with Crippen LogP contribution in [0, 0.1) is 12.7 Å². The van der Waals surface area contributed by atoms with Crippen molar-refractivity contribution in [1.82, 2.24) is 19.4 Å². The van der Waals surface area contributed by atoms with Crippen molar-refractivity contribution in [2.45, 2.75) is 36.0 Å². The summed E-state index contributed by atoms with van der Waals surface area (Å²) in [6.07, 6.45) is 1.52. The Morgan fingerprint density at radius 3 is 2.51 bits per heavy atom. The van der Waals surface area contributed by atoms with Crippen LogP contribution < -0.4 is 9.44 Å². The molecule has 5 N–H and O–H groups in total. The Bertz CT molecular complexity index is 1730. The van der Waals surface area contributed by atoms with Crippen LogP contribution in [0.3, 0.4) is 0 Å². The lowest BCUT2D eigenvalue weighted by atomic mass is 10.0. The van der Waals surface area contributed by atoms with Crippen molar-refractivity contribution in [1.29, 1.82) is 0 Å². The second kappa shape index (κ2) is 11.4. The average Bonchev–Trinajstić information content (AvgIpc) is 3.50. The van der Waals surface area contributed by atoms with Gasteiger partial charge in [0.2, 0.25) is 15.9 Å². The molecule has 3 aromatic carbocycles. The smallest absolute Gasteiger partial charge is 0.241 e. The molecule has 14 heteroatoms. The summed E-state index contributed by atoms with van der Waals surface area (Å²) in [6.45, 7) is 1.48. The van der Waals surface area contributed by atoms with Gasteiger partial charge >= 0.3 is 0 Å². The van der Waals surface area contributed by atoms with E-state index in [-0.39, 0.29) is 33.3 Å². The average molecular weight is 640 g/mol. The fourth-order valence-corrected chi connectivity index (χ4v) is 8.31. The lowest BCUT2D eigenvalue weighted by Gasteiger charge is -2.33. The second-order valence-corrected chi connectivity index (χ2v) is 14.1. The van der Waals surface area contributed by atoms with Gasteiger partial charge < -0.3 is 4.98 Å². The number of halogens is 3.